The lowest BCUT2D eigenvalue weighted by Crippen LogP contribution is -2.52. The Kier molecular flexibility index (Phi) is 2.87. The summed E-state index contributed by atoms with van der Waals surface area (Å²) in [6.07, 6.45) is 5.17. The molecular weight excluding hydrogens is 274 g/mol. The smallest absolute Gasteiger partial charge is 0.247 e. The first-order chi connectivity index (χ1) is 10.5. The molecule has 2 aliphatic carbocycles. The number of carbonyl (C=O) groups is 1. The molecule has 0 radical (unpaired) electrons. The quantitative estimate of drug-likeness (QED) is 0.932. The number of aryl methyl sites for hydroxylation is 1. The number of benzene rings is 1. The van der Waals surface area contributed by atoms with Crippen molar-refractivity contribution in [3.63, 3.8) is 0 Å². The fraction of sp³-hybridized carbons (Fsp3) is 0.556. The van der Waals surface area contributed by atoms with Gasteiger partial charge in [0, 0.05) is 6.54 Å². The van der Waals surface area contributed by atoms with Crippen LogP contribution in [0, 0.1) is 12.8 Å². The van der Waals surface area contributed by atoms with Crippen molar-refractivity contribution >= 4 is 12.2 Å². The SMILES string of the molecule is Cc1ccc2c(c1)C(C)C[C@@]1(C(N)=O)N=CN(CC3CC3)[C@@H]21. The highest BCUT2D eigenvalue weighted by atomic mass is 16.1. The van der Waals surface area contributed by atoms with Gasteiger partial charge in [0.15, 0.2) is 5.54 Å². The van der Waals surface area contributed by atoms with Crippen LogP contribution in [0.15, 0.2) is 23.2 Å². The number of hydrogen-bond donors (Lipinski definition) is 1. The molecule has 4 heteroatoms. The molecule has 2 N–H and O–H groups in total. The van der Waals surface area contributed by atoms with Crippen LogP contribution < -0.4 is 5.73 Å². The second kappa shape index (κ2) is 4.58. The van der Waals surface area contributed by atoms with Gasteiger partial charge in [0.25, 0.3) is 0 Å². The Balaban J connectivity index is 1.83. The minimum absolute atomic E-state index is 0.0163. The van der Waals surface area contributed by atoms with Gasteiger partial charge in [0.2, 0.25) is 5.91 Å². The number of aliphatic imine (C=N–C) groups is 1. The second-order valence-corrected chi connectivity index (χ2v) is 7.31. The van der Waals surface area contributed by atoms with Crippen LogP contribution in [0.25, 0.3) is 0 Å². The molecule has 1 aliphatic heterocycles. The minimum atomic E-state index is -0.781. The van der Waals surface area contributed by atoms with Crippen molar-refractivity contribution in [3.8, 4) is 0 Å². The summed E-state index contributed by atoms with van der Waals surface area (Å²) in [5.74, 6) is 0.769. The Morgan fingerprint density at radius 1 is 1.41 bits per heavy atom. The zero-order valence-corrected chi connectivity index (χ0v) is 13.2. The second-order valence-electron chi connectivity index (χ2n) is 7.31. The van der Waals surface area contributed by atoms with E-state index in [1.807, 2.05) is 6.34 Å². The van der Waals surface area contributed by atoms with Gasteiger partial charge in [0.05, 0.1) is 12.4 Å². The summed E-state index contributed by atoms with van der Waals surface area (Å²) in [6.45, 7) is 5.29. The molecule has 1 saturated carbocycles. The van der Waals surface area contributed by atoms with E-state index >= 15 is 0 Å². The molecule has 4 nitrogen and oxygen atoms in total. The fourth-order valence-electron chi connectivity index (χ4n) is 4.19. The Labute approximate surface area is 131 Å². The van der Waals surface area contributed by atoms with E-state index in [1.54, 1.807) is 0 Å². The number of hydrogen-bond acceptors (Lipinski definition) is 3. The molecule has 1 fully saturated rings. The van der Waals surface area contributed by atoms with Crippen molar-refractivity contribution in [2.75, 3.05) is 6.54 Å². The number of fused-ring (bicyclic) bond motifs is 3. The van der Waals surface area contributed by atoms with Crippen molar-refractivity contribution < 1.29 is 4.79 Å². The fourth-order valence-corrected chi connectivity index (χ4v) is 4.19. The first kappa shape index (κ1) is 13.8. The highest BCUT2D eigenvalue weighted by Gasteiger charge is 2.55. The number of carbonyl (C=O) groups excluding carboxylic acids is 1. The molecule has 116 valence electrons. The highest BCUT2D eigenvalue weighted by molar-refractivity contribution is 5.90. The number of rotatable bonds is 3. The highest BCUT2D eigenvalue weighted by Crippen LogP contribution is 2.51. The third kappa shape index (κ3) is 1.89. The maximum atomic E-state index is 12.3. The maximum Gasteiger partial charge on any atom is 0.247 e. The summed E-state index contributed by atoms with van der Waals surface area (Å²) in [6, 6.07) is 6.56. The largest absolute Gasteiger partial charge is 0.367 e. The molecule has 0 aromatic heterocycles. The summed E-state index contributed by atoms with van der Waals surface area (Å²) in [5.41, 5.74) is 8.90. The molecule has 1 unspecified atom stereocenters. The molecule has 0 saturated heterocycles. The zero-order valence-electron chi connectivity index (χ0n) is 13.2. The van der Waals surface area contributed by atoms with Crippen LogP contribution >= 0.6 is 0 Å². The van der Waals surface area contributed by atoms with Crippen LogP contribution in [0.4, 0.5) is 0 Å². The summed E-state index contributed by atoms with van der Waals surface area (Å²) < 4.78 is 0. The number of nitrogens with two attached hydrogens (primary N) is 1. The molecule has 0 spiro atoms. The Morgan fingerprint density at radius 2 is 2.18 bits per heavy atom. The van der Waals surface area contributed by atoms with Gasteiger partial charge in [-0.1, -0.05) is 30.7 Å². The Morgan fingerprint density at radius 3 is 2.86 bits per heavy atom. The first-order valence-corrected chi connectivity index (χ1v) is 8.23. The Bertz CT molecular complexity index is 664. The summed E-state index contributed by atoms with van der Waals surface area (Å²) in [5, 5.41) is 0. The van der Waals surface area contributed by atoms with Crippen molar-refractivity contribution in [1.82, 2.24) is 4.90 Å². The molecule has 1 amide bonds. The first-order valence-electron chi connectivity index (χ1n) is 8.23. The lowest BCUT2D eigenvalue weighted by molar-refractivity contribution is -0.125. The van der Waals surface area contributed by atoms with Crippen molar-refractivity contribution in [1.29, 1.82) is 0 Å². The van der Waals surface area contributed by atoms with E-state index in [-0.39, 0.29) is 11.9 Å². The van der Waals surface area contributed by atoms with Crippen LogP contribution in [-0.4, -0.2) is 29.2 Å². The summed E-state index contributed by atoms with van der Waals surface area (Å²) >= 11 is 0. The van der Waals surface area contributed by atoms with Crippen LogP contribution in [0.3, 0.4) is 0 Å². The van der Waals surface area contributed by atoms with E-state index < -0.39 is 5.54 Å². The standard InChI is InChI=1S/C18H23N3O/c1-11-3-6-14-15(7-11)12(2)8-18(17(19)22)16(14)21(10-20-18)9-13-4-5-13/h3,6-7,10,12-13,16H,4-5,8-9H2,1-2H3,(H2,19,22)/t12?,16-,18+/m0/s1. The van der Waals surface area contributed by atoms with Crippen molar-refractivity contribution in [3.05, 3.63) is 34.9 Å². The normalized spacial score (nSPS) is 32.7. The van der Waals surface area contributed by atoms with Gasteiger partial charge < -0.3 is 10.6 Å². The molecule has 3 aliphatic rings. The van der Waals surface area contributed by atoms with Crippen LogP contribution in [0.1, 0.15) is 54.8 Å². The van der Waals surface area contributed by atoms with Crippen molar-refractivity contribution in [2.24, 2.45) is 16.6 Å². The van der Waals surface area contributed by atoms with Gasteiger partial charge in [-0.15, -0.1) is 0 Å². The van der Waals surface area contributed by atoms with Crippen LogP contribution in [-0.2, 0) is 4.79 Å². The molecule has 4 rings (SSSR count). The minimum Gasteiger partial charge on any atom is -0.367 e. The lowest BCUT2D eigenvalue weighted by Gasteiger charge is -2.42. The predicted molar refractivity (Wildman–Crippen MR) is 86.8 cm³/mol. The molecular formula is C18H23N3O. The van der Waals surface area contributed by atoms with E-state index in [9.17, 15) is 4.79 Å². The van der Waals surface area contributed by atoms with Crippen molar-refractivity contribution in [2.45, 2.75) is 50.6 Å². The van der Waals surface area contributed by atoms with Gasteiger partial charge in [-0.25, -0.2) is 0 Å². The topological polar surface area (TPSA) is 58.7 Å². The van der Waals surface area contributed by atoms with Gasteiger partial charge in [-0.3, -0.25) is 9.79 Å². The van der Waals surface area contributed by atoms with E-state index in [2.05, 4.69) is 41.9 Å². The van der Waals surface area contributed by atoms with Gasteiger partial charge in [-0.05, 0) is 49.1 Å². The number of nitrogens with zero attached hydrogens (tertiary/aromatic N) is 2. The van der Waals surface area contributed by atoms with Gasteiger partial charge in [-0.2, -0.15) is 0 Å². The zero-order chi connectivity index (χ0) is 15.5. The molecule has 3 atom stereocenters. The Hall–Kier alpha value is -1.84. The number of amides is 1. The third-order valence-corrected chi connectivity index (χ3v) is 5.50. The average molecular weight is 297 g/mol. The monoisotopic (exact) mass is 297 g/mol. The predicted octanol–water partition coefficient (Wildman–Crippen LogP) is 2.52. The molecule has 0 bridgehead atoms. The number of primary amides is 1. The van der Waals surface area contributed by atoms with E-state index in [4.69, 9.17) is 5.73 Å². The summed E-state index contributed by atoms with van der Waals surface area (Å²) in [4.78, 5) is 19.2. The average Bonchev–Trinajstić information content (AvgIpc) is 3.21. The van der Waals surface area contributed by atoms with E-state index in [1.165, 1.54) is 29.5 Å². The van der Waals surface area contributed by atoms with Gasteiger partial charge in [0.1, 0.15) is 0 Å². The molecule has 22 heavy (non-hydrogen) atoms. The van der Waals surface area contributed by atoms with E-state index in [0.29, 0.717) is 12.3 Å². The lowest BCUT2D eigenvalue weighted by atomic mass is 9.69. The van der Waals surface area contributed by atoms with Crippen LogP contribution in [0.2, 0.25) is 0 Å². The van der Waals surface area contributed by atoms with Gasteiger partial charge >= 0.3 is 0 Å². The third-order valence-electron chi connectivity index (χ3n) is 5.50. The van der Waals surface area contributed by atoms with Crippen LogP contribution in [0.5, 0.6) is 0 Å². The molecule has 1 aromatic rings. The molecule has 1 heterocycles. The van der Waals surface area contributed by atoms with E-state index in [0.717, 1.165) is 12.5 Å². The maximum absolute atomic E-state index is 12.3. The summed E-state index contributed by atoms with van der Waals surface area (Å²) in [7, 11) is 0. The molecule has 1 aromatic carbocycles.